The van der Waals surface area contributed by atoms with Gasteiger partial charge >= 0.3 is 0 Å². The maximum Gasteiger partial charge on any atom is 0.235 e. The van der Waals surface area contributed by atoms with Crippen molar-refractivity contribution in [3.05, 3.63) is 35.4 Å². The van der Waals surface area contributed by atoms with E-state index in [0.29, 0.717) is 5.88 Å². The van der Waals surface area contributed by atoms with Gasteiger partial charge < -0.3 is 5.32 Å². The molecule has 0 aromatic heterocycles. The molecule has 17 heavy (non-hydrogen) atoms. The van der Waals surface area contributed by atoms with Crippen LogP contribution >= 0.6 is 11.6 Å². The number of alkyl halides is 1. The van der Waals surface area contributed by atoms with Gasteiger partial charge in [0.2, 0.25) is 5.91 Å². The van der Waals surface area contributed by atoms with Crippen molar-refractivity contribution in [3.63, 3.8) is 0 Å². The molecule has 2 rings (SSSR count). The van der Waals surface area contributed by atoms with Crippen molar-refractivity contribution in [2.45, 2.75) is 31.2 Å². The van der Waals surface area contributed by atoms with E-state index in [4.69, 9.17) is 11.6 Å². The second-order valence-electron chi connectivity index (χ2n) is 4.74. The number of hydrogen-bond donors (Lipinski definition) is 1. The molecule has 1 unspecified atom stereocenters. The number of nitrogens with one attached hydrogen (secondary N) is 1. The van der Waals surface area contributed by atoms with E-state index < -0.39 is 11.5 Å². The minimum Gasteiger partial charge on any atom is -0.343 e. The Labute approximate surface area is 105 Å². The van der Waals surface area contributed by atoms with E-state index in [-0.39, 0.29) is 11.7 Å². The van der Waals surface area contributed by atoms with Gasteiger partial charge in [-0.25, -0.2) is 0 Å². The molecule has 1 aliphatic heterocycles. The van der Waals surface area contributed by atoms with Gasteiger partial charge in [0.05, 0.1) is 5.54 Å². The molecule has 1 fully saturated rings. The zero-order valence-corrected chi connectivity index (χ0v) is 10.5. The highest BCUT2D eigenvalue weighted by atomic mass is 35.5. The molecule has 1 aliphatic rings. The maximum atomic E-state index is 12.2. The average molecular weight is 252 g/mol. The minimum absolute atomic E-state index is 0.0972. The Morgan fingerprint density at radius 1 is 1.29 bits per heavy atom. The van der Waals surface area contributed by atoms with Crippen LogP contribution < -0.4 is 5.32 Å². The molecule has 1 N–H and O–H groups in total. The van der Waals surface area contributed by atoms with Gasteiger partial charge in [0.25, 0.3) is 0 Å². The molecule has 0 spiro atoms. The summed E-state index contributed by atoms with van der Waals surface area (Å²) in [5.74, 6) is -0.759. The standard InChI is InChI=1S/C13H14ClNO2/c1-13(2)11(16)10(12(17)15-13)9-6-4-3-5-8(9)7-14/h3-6,10H,7H2,1-2H3,(H,15,17). The zero-order valence-electron chi connectivity index (χ0n) is 9.79. The van der Waals surface area contributed by atoms with Gasteiger partial charge in [-0.3, -0.25) is 9.59 Å². The van der Waals surface area contributed by atoms with Gasteiger partial charge in [-0.05, 0) is 25.0 Å². The summed E-state index contributed by atoms with van der Waals surface area (Å²) < 4.78 is 0. The van der Waals surface area contributed by atoms with E-state index >= 15 is 0 Å². The van der Waals surface area contributed by atoms with Crippen LogP contribution in [0.5, 0.6) is 0 Å². The molecule has 3 nitrogen and oxygen atoms in total. The summed E-state index contributed by atoms with van der Waals surface area (Å²) >= 11 is 5.83. The van der Waals surface area contributed by atoms with E-state index in [2.05, 4.69) is 5.32 Å². The number of rotatable bonds is 2. The predicted octanol–water partition coefficient (Wildman–Crippen LogP) is 1.99. The van der Waals surface area contributed by atoms with Crippen LogP contribution in [0.4, 0.5) is 0 Å². The molecule has 1 aromatic carbocycles. The summed E-state index contributed by atoms with van der Waals surface area (Å²) in [6.45, 7) is 3.44. The van der Waals surface area contributed by atoms with Crippen LogP contribution in [-0.4, -0.2) is 17.2 Å². The predicted molar refractivity (Wildman–Crippen MR) is 66.0 cm³/mol. The van der Waals surface area contributed by atoms with Gasteiger partial charge in [0, 0.05) is 5.88 Å². The van der Waals surface area contributed by atoms with Gasteiger partial charge in [-0.2, -0.15) is 0 Å². The first-order valence-electron chi connectivity index (χ1n) is 5.47. The number of Topliss-reactive ketones (excluding diaryl/α,β-unsaturated/α-hetero) is 1. The number of hydrogen-bond acceptors (Lipinski definition) is 2. The summed E-state index contributed by atoms with van der Waals surface area (Å²) in [5.41, 5.74) is 0.761. The third-order valence-electron chi connectivity index (χ3n) is 3.09. The van der Waals surface area contributed by atoms with Crippen LogP contribution in [0.15, 0.2) is 24.3 Å². The summed E-state index contributed by atoms with van der Waals surface area (Å²) in [5, 5.41) is 2.71. The second-order valence-corrected chi connectivity index (χ2v) is 5.01. The SMILES string of the molecule is CC1(C)NC(=O)C(c2ccccc2CCl)C1=O. The normalized spacial score (nSPS) is 22.6. The van der Waals surface area contributed by atoms with Crippen LogP contribution in [-0.2, 0) is 15.5 Å². The third kappa shape index (κ3) is 1.95. The molecular formula is C13H14ClNO2. The van der Waals surface area contributed by atoms with Crippen LogP contribution in [0.2, 0.25) is 0 Å². The molecule has 1 heterocycles. The Balaban J connectivity index is 2.47. The number of ketones is 1. The van der Waals surface area contributed by atoms with Crippen LogP contribution in [0.3, 0.4) is 0 Å². The van der Waals surface area contributed by atoms with Crippen molar-refractivity contribution in [2.75, 3.05) is 0 Å². The monoisotopic (exact) mass is 251 g/mol. The smallest absolute Gasteiger partial charge is 0.235 e. The first-order valence-corrected chi connectivity index (χ1v) is 6.01. The van der Waals surface area contributed by atoms with Crippen molar-refractivity contribution in [1.82, 2.24) is 5.32 Å². The fourth-order valence-electron chi connectivity index (χ4n) is 2.14. The maximum absolute atomic E-state index is 12.2. The van der Waals surface area contributed by atoms with Gasteiger partial charge in [0.1, 0.15) is 5.92 Å². The Morgan fingerprint density at radius 3 is 2.47 bits per heavy atom. The van der Waals surface area contributed by atoms with Crippen LogP contribution in [0.1, 0.15) is 30.9 Å². The van der Waals surface area contributed by atoms with Crippen LogP contribution in [0.25, 0.3) is 0 Å². The number of benzene rings is 1. The van der Waals surface area contributed by atoms with Crippen molar-refractivity contribution >= 4 is 23.3 Å². The van der Waals surface area contributed by atoms with E-state index in [1.807, 2.05) is 18.2 Å². The summed E-state index contributed by atoms with van der Waals surface area (Å²) in [4.78, 5) is 24.1. The van der Waals surface area contributed by atoms with Gasteiger partial charge in [-0.1, -0.05) is 24.3 Å². The largest absolute Gasteiger partial charge is 0.343 e. The highest BCUT2D eigenvalue weighted by Crippen LogP contribution is 2.31. The first kappa shape index (κ1) is 12.1. The Morgan fingerprint density at radius 2 is 1.94 bits per heavy atom. The van der Waals surface area contributed by atoms with Crippen molar-refractivity contribution in [1.29, 1.82) is 0 Å². The first-order chi connectivity index (χ1) is 7.97. The molecule has 1 aromatic rings. The van der Waals surface area contributed by atoms with Gasteiger partial charge in [-0.15, -0.1) is 11.6 Å². The number of amides is 1. The number of carbonyl (C=O) groups is 2. The van der Waals surface area contributed by atoms with E-state index in [0.717, 1.165) is 11.1 Å². The zero-order chi connectivity index (χ0) is 12.6. The molecule has 0 saturated carbocycles. The van der Waals surface area contributed by atoms with E-state index in [1.54, 1.807) is 19.9 Å². The molecule has 1 saturated heterocycles. The molecule has 1 amide bonds. The lowest BCUT2D eigenvalue weighted by molar-refractivity contribution is -0.125. The lowest BCUT2D eigenvalue weighted by Gasteiger charge is -2.15. The topological polar surface area (TPSA) is 46.2 Å². The minimum atomic E-state index is -0.791. The molecule has 0 bridgehead atoms. The molecule has 90 valence electrons. The lowest BCUT2D eigenvalue weighted by Crippen LogP contribution is -2.39. The van der Waals surface area contributed by atoms with E-state index in [1.165, 1.54) is 0 Å². The van der Waals surface area contributed by atoms with Gasteiger partial charge in [0.15, 0.2) is 5.78 Å². The highest BCUT2D eigenvalue weighted by molar-refractivity contribution is 6.19. The summed E-state index contributed by atoms with van der Waals surface area (Å²) in [6, 6.07) is 7.30. The quantitative estimate of drug-likeness (QED) is 0.645. The summed E-state index contributed by atoms with van der Waals surface area (Å²) in [7, 11) is 0. The molecule has 4 heteroatoms. The molecular weight excluding hydrogens is 238 g/mol. The van der Waals surface area contributed by atoms with Crippen molar-refractivity contribution in [2.24, 2.45) is 0 Å². The van der Waals surface area contributed by atoms with Crippen LogP contribution in [0, 0.1) is 0 Å². The Bertz CT molecular complexity index is 482. The second kappa shape index (κ2) is 4.15. The molecule has 1 atom stereocenters. The summed E-state index contributed by atoms with van der Waals surface area (Å²) in [6.07, 6.45) is 0. The Kier molecular flexibility index (Phi) is 2.96. The third-order valence-corrected chi connectivity index (χ3v) is 3.37. The number of halogens is 1. The van der Waals surface area contributed by atoms with Crippen molar-refractivity contribution < 1.29 is 9.59 Å². The molecule has 0 radical (unpaired) electrons. The Hall–Kier alpha value is -1.35. The fraction of sp³-hybridized carbons (Fsp3) is 0.385. The van der Waals surface area contributed by atoms with E-state index in [9.17, 15) is 9.59 Å². The van der Waals surface area contributed by atoms with Crippen molar-refractivity contribution in [3.8, 4) is 0 Å². The average Bonchev–Trinajstić information content (AvgIpc) is 2.48. The highest BCUT2D eigenvalue weighted by Gasteiger charge is 2.47. The lowest BCUT2D eigenvalue weighted by atomic mass is 9.87. The number of carbonyl (C=O) groups excluding carboxylic acids is 2. The molecule has 0 aliphatic carbocycles. The fourth-order valence-corrected chi connectivity index (χ4v) is 2.39.